The molecule has 2 aromatic carbocycles. The van der Waals surface area contributed by atoms with Crippen LogP contribution in [-0.4, -0.2) is 22.8 Å². The maximum atomic E-state index is 13.0. The van der Waals surface area contributed by atoms with Crippen molar-refractivity contribution in [3.63, 3.8) is 0 Å². The first-order chi connectivity index (χ1) is 18.3. The Morgan fingerprint density at radius 1 is 0.897 bits per heavy atom. The van der Waals surface area contributed by atoms with Crippen molar-refractivity contribution >= 4 is 40.8 Å². The largest absolute Gasteiger partial charge is 0.457 e. The summed E-state index contributed by atoms with van der Waals surface area (Å²) in [5.74, 6) is -0.317. The van der Waals surface area contributed by atoms with Crippen LogP contribution in [0.25, 0.3) is 0 Å². The van der Waals surface area contributed by atoms with Gasteiger partial charge in [-0.2, -0.15) is 13.2 Å². The summed E-state index contributed by atoms with van der Waals surface area (Å²) in [5.41, 5.74) is 3.24. The third kappa shape index (κ3) is 8.08. The molecular formula is C26H25ClF3N5O4. The van der Waals surface area contributed by atoms with Gasteiger partial charge >= 0.3 is 12.2 Å². The van der Waals surface area contributed by atoms with Gasteiger partial charge in [0, 0.05) is 29.1 Å². The van der Waals surface area contributed by atoms with E-state index < -0.39 is 34.1 Å². The van der Waals surface area contributed by atoms with E-state index in [9.17, 15) is 27.6 Å². The van der Waals surface area contributed by atoms with Gasteiger partial charge in [-0.15, -0.1) is 0 Å². The van der Waals surface area contributed by atoms with Crippen LogP contribution in [0.2, 0.25) is 5.02 Å². The summed E-state index contributed by atoms with van der Waals surface area (Å²) < 4.78 is 44.8. The molecule has 0 aliphatic rings. The summed E-state index contributed by atoms with van der Waals surface area (Å²) in [6.07, 6.45) is -2.72. The summed E-state index contributed by atoms with van der Waals surface area (Å²) in [5, 5.41) is 4.34. The predicted octanol–water partition coefficient (Wildman–Crippen LogP) is 6.39. The number of anilines is 2. The zero-order valence-corrected chi connectivity index (χ0v) is 21.8. The monoisotopic (exact) mass is 563 g/mol. The number of pyridine rings is 1. The van der Waals surface area contributed by atoms with Crippen molar-refractivity contribution in [3.8, 4) is 11.5 Å². The lowest BCUT2D eigenvalue weighted by atomic mass is 9.90. The van der Waals surface area contributed by atoms with E-state index in [0.717, 1.165) is 12.1 Å². The fraction of sp³-hybridized carbons (Fsp3) is 0.231. The van der Waals surface area contributed by atoms with Crippen molar-refractivity contribution < 1.29 is 32.3 Å². The molecule has 3 rings (SSSR count). The standard InChI is InChI=1S/C26H25ClF3N5O4/c1-4-25(2,3)23(37)35-34-22(36)21-14-18(11-12-31-21)39-17-8-5-15(6-9-17)32-24(38)33-16-7-10-20(27)19(13-16)26(28,29)30/h5-14H,4H2,1-3H3,(H,34,36)(H,35,37)(H2,32,33,38). The third-order valence-electron chi connectivity index (χ3n) is 5.63. The van der Waals surface area contributed by atoms with Crippen molar-refractivity contribution in [2.24, 2.45) is 5.41 Å². The number of amides is 4. The number of hydrogen-bond donors (Lipinski definition) is 4. The van der Waals surface area contributed by atoms with Crippen LogP contribution in [0.3, 0.4) is 0 Å². The Hall–Kier alpha value is -4.32. The highest BCUT2D eigenvalue weighted by molar-refractivity contribution is 6.31. The molecule has 0 fully saturated rings. The Balaban J connectivity index is 1.58. The van der Waals surface area contributed by atoms with Crippen LogP contribution in [0.4, 0.5) is 29.3 Å². The van der Waals surface area contributed by atoms with Crippen molar-refractivity contribution in [2.75, 3.05) is 10.6 Å². The molecule has 0 saturated heterocycles. The number of urea groups is 1. The van der Waals surface area contributed by atoms with E-state index in [4.69, 9.17) is 16.3 Å². The normalized spacial score (nSPS) is 11.4. The molecule has 0 saturated carbocycles. The number of halogens is 4. The van der Waals surface area contributed by atoms with Gasteiger partial charge in [-0.3, -0.25) is 25.4 Å². The lowest BCUT2D eigenvalue weighted by Crippen LogP contribution is -2.47. The second-order valence-electron chi connectivity index (χ2n) is 8.92. The molecule has 0 aliphatic heterocycles. The van der Waals surface area contributed by atoms with Gasteiger partial charge in [0.25, 0.3) is 5.91 Å². The fourth-order valence-corrected chi connectivity index (χ4v) is 3.19. The van der Waals surface area contributed by atoms with Crippen molar-refractivity contribution in [2.45, 2.75) is 33.4 Å². The number of alkyl halides is 3. The maximum absolute atomic E-state index is 13.0. The van der Waals surface area contributed by atoms with E-state index in [1.165, 1.54) is 48.7 Å². The van der Waals surface area contributed by atoms with Crippen LogP contribution in [0, 0.1) is 5.41 Å². The third-order valence-corrected chi connectivity index (χ3v) is 5.96. The SMILES string of the molecule is CCC(C)(C)C(=O)NNC(=O)c1cc(Oc2ccc(NC(=O)Nc3ccc(Cl)c(C(F)(F)F)c3)cc2)ccn1. The molecule has 0 aliphatic carbocycles. The average molecular weight is 564 g/mol. The summed E-state index contributed by atoms with van der Waals surface area (Å²) in [6.45, 7) is 5.36. The first-order valence-electron chi connectivity index (χ1n) is 11.6. The number of rotatable bonds is 7. The zero-order chi connectivity index (χ0) is 28.8. The second-order valence-corrected chi connectivity index (χ2v) is 9.33. The van der Waals surface area contributed by atoms with E-state index in [1.54, 1.807) is 13.8 Å². The van der Waals surface area contributed by atoms with E-state index in [2.05, 4.69) is 26.5 Å². The molecule has 1 heterocycles. The van der Waals surface area contributed by atoms with E-state index in [0.29, 0.717) is 17.9 Å². The quantitative estimate of drug-likeness (QED) is 0.248. The highest BCUT2D eigenvalue weighted by Gasteiger charge is 2.33. The van der Waals surface area contributed by atoms with Crippen LogP contribution in [0.5, 0.6) is 11.5 Å². The lowest BCUT2D eigenvalue weighted by Gasteiger charge is -2.21. The molecule has 0 atom stereocenters. The van der Waals surface area contributed by atoms with Gasteiger partial charge in [0.2, 0.25) is 5.91 Å². The van der Waals surface area contributed by atoms with Crippen molar-refractivity contribution in [1.29, 1.82) is 0 Å². The molecule has 9 nitrogen and oxygen atoms in total. The molecule has 206 valence electrons. The molecule has 1 aromatic heterocycles. The average Bonchev–Trinajstić information content (AvgIpc) is 2.88. The molecule has 0 radical (unpaired) electrons. The molecular weight excluding hydrogens is 539 g/mol. The van der Waals surface area contributed by atoms with Gasteiger partial charge in [0.1, 0.15) is 17.2 Å². The van der Waals surface area contributed by atoms with Gasteiger partial charge in [0.15, 0.2) is 0 Å². The topological polar surface area (TPSA) is 121 Å². The minimum Gasteiger partial charge on any atom is -0.457 e. The highest BCUT2D eigenvalue weighted by Crippen LogP contribution is 2.36. The predicted molar refractivity (Wildman–Crippen MR) is 140 cm³/mol. The zero-order valence-electron chi connectivity index (χ0n) is 21.1. The minimum atomic E-state index is -4.66. The number of nitrogens with one attached hydrogen (secondary N) is 4. The van der Waals surface area contributed by atoms with Gasteiger partial charge < -0.3 is 15.4 Å². The Morgan fingerprint density at radius 2 is 1.54 bits per heavy atom. The van der Waals surface area contributed by atoms with Gasteiger partial charge in [-0.05, 0) is 55.0 Å². The first kappa shape index (κ1) is 29.2. The molecule has 39 heavy (non-hydrogen) atoms. The number of carbonyl (C=O) groups excluding carboxylic acids is 3. The number of nitrogens with zero attached hydrogens (tertiary/aromatic N) is 1. The van der Waals surface area contributed by atoms with E-state index in [-0.39, 0.29) is 23.0 Å². The van der Waals surface area contributed by atoms with E-state index in [1.807, 2.05) is 6.92 Å². The number of hydrogen-bond acceptors (Lipinski definition) is 5. The number of hydrazine groups is 1. The molecule has 13 heteroatoms. The number of ether oxygens (including phenoxy) is 1. The number of aromatic nitrogens is 1. The molecule has 0 unspecified atom stereocenters. The van der Waals surface area contributed by atoms with E-state index >= 15 is 0 Å². The Kier molecular flexibility index (Phi) is 9.02. The molecule has 3 aromatic rings. The second kappa shape index (κ2) is 12.0. The summed E-state index contributed by atoms with van der Waals surface area (Å²) in [4.78, 5) is 40.7. The van der Waals surface area contributed by atoms with Crippen LogP contribution in [0.1, 0.15) is 43.2 Å². The molecule has 0 spiro atoms. The lowest BCUT2D eigenvalue weighted by molar-refractivity contribution is -0.137. The van der Waals surface area contributed by atoms with Crippen LogP contribution in [0.15, 0.2) is 60.8 Å². The van der Waals surface area contributed by atoms with Gasteiger partial charge in [-0.25, -0.2) is 4.79 Å². The highest BCUT2D eigenvalue weighted by atomic mass is 35.5. The molecule has 4 N–H and O–H groups in total. The number of benzene rings is 2. The van der Waals surface area contributed by atoms with Crippen molar-refractivity contribution in [3.05, 3.63) is 77.1 Å². The van der Waals surface area contributed by atoms with Crippen molar-refractivity contribution in [1.82, 2.24) is 15.8 Å². The fourth-order valence-electron chi connectivity index (χ4n) is 2.96. The summed E-state index contributed by atoms with van der Waals surface area (Å²) >= 11 is 5.59. The first-order valence-corrected chi connectivity index (χ1v) is 12.0. The van der Waals surface area contributed by atoms with Crippen LogP contribution >= 0.6 is 11.6 Å². The summed E-state index contributed by atoms with van der Waals surface area (Å²) in [6, 6.07) is 11.3. The smallest absolute Gasteiger partial charge is 0.417 e. The molecule has 4 amide bonds. The Labute approximate surface area is 227 Å². The summed E-state index contributed by atoms with van der Waals surface area (Å²) in [7, 11) is 0. The van der Waals surface area contributed by atoms with Gasteiger partial charge in [-0.1, -0.05) is 32.4 Å². The van der Waals surface area contributed by atoms with Crippen LogP contribution in [-0.2, 0) is 11.0 Å². The maximum Gasteiger partial charge on any atom is 0.417 e. The Bertz CT molecular complexity index is 1360. The van der Waals surface area contributed by atoms with Gasteiger partial charge in [0.05, 0.1) is 10.6 Å². The molecule has 0 bridgehead atoms. The number of carbonyl (C=O) groups is 3. The minimum absolute atomic E-state index is 0.00735. The van der Waals surface area contributed by atoms with Crippen LogP contribution < -0.4 is 26.2 Å². The Morgan fingerprint density at radius 3 is 2.18 bits per heavy atom.